The molecule has 0 aromatic heterocycles. The summed E-state index contributed by atoms with van der Waals surface area (Å²) < 4.78 is 32.5. The van der Waals surface area contributed by atoms with Crippen molar-refractivity contribution < 1.29 is 18.3 Å². The average Bonchev–Trinajstić information content (AvgIpc) is 2.58. The van der Waals surface area contributed by atoms with E-state index in [-0.39, 0.29) is 23.3 Å². The minimum Gasteiger partial charge on any atom is -0.413 e. The van der Waals surface area contributed by atoms with Gasteiger partial charge in [0.15, 0.2) is 8.32 Å². The van der Waals surface area contributed by atoms with Gasteiger partial charge in [-0.05, 0) is 85.4 Å². The smallest absolute Gasteiger partial charge is 0.192 e. The summed E-state index contributed by atoms with van der Waals surface area (Å²) in [6, 6.07) is 9.43. The first kappa shape index (κ1) is 24.4. The lowest BCUT2D eigenvalue weighted by Crippen LogP contribution is -2.40. The number of rotatable bonds is 4. The molecule has 2 nitrogen and oxygen atoms in total. The molecule has 2 aromatic rings. The van der Waals surface area contributed by atoms with Gasteiger partial charge in [0.1, 0.15) is 11.6 Å². The molecule has 0 aliphatic heterocycles. The van der Waals surface area contributed by atoms with E-state index in [1.54, 1.807) is 24.3 Å². The molecular formula is C20H26Br2F2O2Si. The standard InChI is InChI=1S/C13H20BrFOSi.C7H6BrFO/c1-13(2,3)17(4,5)16-9-10-6-7-12(15)11(14)8-10;8-6-3-5(4-10)1-2-7(6)9/h6-8H,9H2,1-5H3;1-3,10H,4H2. The number of hydrogen-bond acceptors (Lipinski definition) is 2. The first-order valence-electron chi connectivity index (χ1n) is 8.50. The Balaban J connectivity index is 0.000000309. The van der Waals surface area contributed by atoms with E-state index in [2.05, 4.69) is 65.7 Å². The Labute approximate surface area is 178 Å². The zero-order valence-electron chi connectivity index (χ0n) is 16.2. The maximum absolute atomic E-state index is 13.1. The van der Waals surface area contributed by atoms with Crippen molar-refractivity contribution in [3.8, 4) is 0 Å². The van der Waals surface area contributed by atoms with E-state index in [1.165, 1.54) is 12.1 Å². The third-order valence-electron chi connectivity index (χ3n) is 4.56. The molecule has 27 heavy (non-hydrogen) atoms. The number of hydrogen-bond donors (Lipinski definition) is 1. The summed E-state index contributed by atoms with van der Waals surface area (Å²) in [5, 5.41) is 8.81. The fraction of sp³-hybridized carbons (Fsp3) is 0.400. The third-order valence-corrected chi connectivity index (χ3v) is 10.3. The molecule has 0 fully saturated rings. The summed E-state index contributed by atoms with van der Waals surface area (Å²) in [5.41, 5.74) is 1.70. The molecule has 0 saturated carbocycles. The van der Waals surface area contributed by atoms with Crippen molar-refractivity contribution in [2.75, 3.05) is 0 Å². The Hall–Kier alpha value is -0.603. The summed E-state index contributed by atoms with van der Waals surface area (Å²) in [6.07, 6.45) is 0. The lowest BCUT2D eigenvalue weighted by atomic mass is 10.2. The van der Waals surface area contributed by atoms with Crippen LogP contribution in [0, 0.1) is 11.6 Å². The molecule has 1 N–H and O–H groups in total. The monoisotopic (exact) mass is 522 g/mol. The highest BCUT2D eigenvalue weighted by molar-refractivity contribution is 9.10. The molecule has 0 unspecified atom stereocenters. The number of benzene rings is 2. The SMILES string of the molecule is CC(C)(C)[Si](C)(C)OCc1ccc(F)c(Br)c1.OCc1ccc(F)c(Br)c1. The Morgan fingerprint density at radius 2 is 1.37 bits per heavy atom. The predicted octanol–water partition coefficient (Wildman–Crippen LogP) is 7.19. The largest absolute Gasteiger partial charge is 0.413 e. The first-order valence-corrected chi connectivity index (χ1v) is 13.0. The third kappa shape index (κ3) is 7.73. The number of aliphatic hydroxyl groups excluding tert-OH is 1. The topological polar surface area (TPSA) is 29.5 Å². The highest BCUT2D eigenvalue weighted by atomic mass is 79.9. The van der Waals surface area contributed by atoms with Gasteiger partial charge in [0.05, 0.1) is 22.2 Å². The van der Waals surface area contributed by atoms with Gasteiger partial charge in [-0.3, -0.25) is 0 Å². The van der Waals surface area contributed by atoms with Crippen LogP contribution in [0.1, 0.15) is 31.9 Å². The van der Waals surface area contributed by atoms with Gasteiger partial charge in [-0.1, -0.05) is 32.9 Å². The van der Waals surface area contributed by atoms with Gasteiger partial charge in [-0.15, -0.1) is 0 Å². The van der Waals surface area contributed by atoms with Crippen LogP contribution in [0.25, 0.3) is 0 Å². The van der Waals surface area contributed by atoms with Crippen molar-refractivity contribution in [3.63, 3.8) is 0 Å². The molecule has 7 heteroatoms. The first-order chi connectivity index (χ1) is 12.4. The van der Waals surface area contributed by atoms with Crippen LogP contribution < -0.4 is 0 Å². The summed E-state index contributed by atoms with van der Waals surface area (Å²) in [4.78, 5) is 0. The summed E-state index contributed by atoms with van der Waals surface area (Å²) in [7, 11) is -1.73. The second-order valence-corrected chi connectivity index (χ2v) is 14.2. The molecule has 0 spiro atoms. The second kappa shape index (κ2) is 10.3. The summed E-state index contributed by atoms with van der Waals surface area (Å²) >= 11 is 6.19. The molecule has 150 valence electrons. The van der Waals surface area contributed by atoms with Gasteiger partial charge in [-0.25, -0.2) is 8.78 Å². The number of halogens is 4. The van der Waals surface area contributed by atoms with Gasteiger partial charge >= 0.3 is 0 Å². The fourth-order valence-electron chi connectivity index (χ4n) is 1.75. The van der Waals surface area contributed by atoms with Crippen molar-refractivity contribution in [1.82, 2.24) is 0 Å². The highest BCUT2D eigenvalue weighted by Gasteiger charge is 2.37. The molecule has 0 amide bonds. The molecular weight excluding hydrogens is 498 g/mol. The Morgan fingerprint density at radius 3 is 1.78 bits per heavy atom. The molecule has 0 atom stereocenters. The van der Waals surface area contributed by atoms with Crippen molar-refractivity contribution in [1.29, 1.82) is 0 Å². The Kier molecular flexibility index (Phi) is 9.28. The molecule has 0 aliphatic rings. The predicted molar refractivity (Wildman–Crippen MR) is 116 cm³/mol. The van der Waals surface area contributed by atoms with Crippen LogP contribution in [-0.4, -0.2) is 13.4 Å². The van der Waals surface area contributed by atoms with Crippen molar-refractivity contribution in [2.24, 2.45) is 0 Å². The molecule has 0 radical (unpaired) electrons. The molecule has 0 bridgehead atoms. The maximum atomic E-state index is 13.1. The molecule has 0 saturated heterocycles. The van der Waals surface area contributed by atoms with E-state index in [0.717, 1.165) is 5.56 Å². The summed E-state index contributed by atoms with van der Waals surface area (Å²) in [6.45, 7) is 11.5. The van der Waals surface area contributed by atoms with Gasteiger partial charge in [-0.2, -0.15) is 0 Å². The number of aliphatic hydroxyl groups is 1. The minimum atomic E-state index is -1.73. The summed E-state index contributed by atoms with van der Waals surface area (Å²) in [5.74, 6) is -0.543. The zero-order valence-corrected chi connectivity index (χ0v) is 20.4. The van der Waals surface area contributed by atoms with Crippen molar-refractivity contribution >= 4 is 40.2 Å². The Bertz CT molecular complexity index is 762. The normalized spacial score (nSPS) is 11.8. The van der Waals surface area contributed by atoms with Crippen molar-refractivity contribution in [2.45, 2.75) is 52.1 Å². The highest BCUT2D eigenvalue weighted by Crippen LogP contribution is 2.37. The van der Waals surface area contributed by atoms with Gasteiger partial charge in [0, 0.05) is 0 Å². The lowest BCUT2D eigenvalue weighted by molar-refractivity contribution is 0.276. The van der Waals surface area contributed by atoms with E-state index in [1.807, 2.05) is 0 Å². The van der Waals surface area contributed by atoms with Crippen LogP contribution in [-0.2, 0) is 17.6 Å². The van der Waals surface area contributed by atoms with Crippen LogP contribution >= 0.6 is 31.9 Å². The van der Waals surface area contributed by atoms with Gasteiger partial charge in [0.25, 0.3) is 0 Å². The van der Waals surface area contributed by atoms with E-state index in [9.17, 15) is 8.78 Å². The van der Waals surface area contributed by atoms with Crippen LogP contribution in [0.5, 0.6) is 0 Å². The quantitative estimate of drug-likeness (QED) is 0.429. The van der Waals surface area contributed by atoms with Crippen LogP contribution in [0.4, 0.5) is 8.78 Å². The maximum Gasteiger partial charge on any atom is 0.192 e. The van der Waals surface area contributed by atoms with Crippen molar-refractivity contribution in [3.05, 3.63) is 68.1 Å². The van der Waals surface area contributed by atoms with Crippen LogP contribution in [0.15, 0.2) is 45.3 Å². The van der Waals surface area contributed by atoms with E-state index >= 15 is 0 Å². The van der Waals surface area contributed by atoms with Crippen LogP contribution in [0.3, 0.4) is 0 Å². The fourth-order valence-corrected chi connectivity index (χ4v) is 3.56. The molecule has 2 rings (SSSR count). The zero-order chi connectivity index (χ0) is 20.8. The molecule has 0 aliphatic carbocycles. The average molecular weight is 524 g/mol. The van der Waals surface area contributed by atoms with E-state index in [4.69, 9.17) is 9.53 Å². The van der Waals surface area contributed by atoms with Gasteiger partial charge in [0.2, 0.25) is 0 Å². The molecule has 0 heterocycles. The van der Waals surface area contributed by atoms with Gasteiger partial charge < -0.3 is 9.53 Å². The Morgan fingerprint density at radius 1 is 0.926 bits per heavy atom. The van der Waals surface area contributed by atoms with Crippen LogP contribution in [0.2, 0.25) is 18.1 Å². The van der Waals surface area contributed by atoms with E-state index < -0.39 is 8.32 Å². The lowest BCUT2D eigenvalue weighted by Gasteiger charge is -2.36. The van der Waals surface area contributed by atoms with E-state index in [0.29, 0.717) is 21.1 Å². The minimum absolute atomic E-state index is 0.0567. The molecule has 2 aromatic carbocycles. The second-order valence-electron chi connectivity index (χ2n) is 7.70.